The molecule has 14 heavy (non-hydrogen) atoms. The van der Waals surface area contributed by atoms with Gasteiger partial charge in [-0.3, -0.25) is 5.10 Å². The standard InChI is InChI=1S/C9H8N2O2S/c12-9(13)7-5-10-11-8(7)4-6-2-1-3-14-6/h1-3,5H,4H2,(H,10,11)(H,12,13). The quantitative estimate of drug-likeness (QED) is 0.807. The van der Waals surface area contributed by atoms with Crippen LogP contribution in [0, 0.1) is 0 Å². The number of nitrogens with one attached hydrogen (secondary N) is 1. The van der Waals surface area contributed by atoms with E-state index in [0.717, 1.165) is 4.88 Å². The molecule has 0 spiro atoms. The molecule has 0 unspecified atom stereocenters. The molecule has 72 valence electrons. The lowest BCUT2D eigenvalue weighted by atomic mass is 10.2. The van der Waals surface area contributed by atoms with Gasteiger partial charge in [-0.05, 0) is 11.4 Å². The molecule has 4 nitrogen and oxygen atoms in total. The van der Waals surface area contributed by atoms with Crippen LogP contribution in [0.25, 0.3) is 0 Å². The second kappa shape index (κ2) is 3.63. The van der Waals surface area contributed by atoms with Gasteiger partial charge in [0.15, 0.2) is 0 Å². The second-order valence-electron chi connectivity index (χ2n) is 2.82. The molecule has 2 aromatic rings. The number of carbonyl (C=O) groups is 1. The average molecular weight is 208 g/mol. The average Bonchev–Trinajstić information content (AvgIpc) is 2.75. The molecule has 2 aromatic heterocycles. The number of H-pyrrole nitrogens is 1. The van der Waals surface area contributed by atoms with Gasteiger partial charge in [-0.25, -0.2) is 4.79 Å². The molecule has 0 atom stereocenters. The van der Waals surface area contributed by atoms with Crippen LogP contribution in [0.1, 0.15) is 20.9 Å². The third-order valence-corrected chi connectivity index (χ3v) is 2.76. The first-order valence-corrected chi connectivity index (χ1v) is 4.93. The number of rotatable bonds is 3. The lowest BCUT2D eigenvalue weighted by Crippen LogP contribution is -1.99. The molecule has 0 aliphatic rings. The smallest absolute Gasteiger partial charge is 0.339 e. The first-order valence-electron chi connectivity index (χ1n) is 4.05. The van der Waals surface area contributed by atoms with E-state index in [2.05, 4.69) is 10.2 Å². The molecule has 2 heterocycles. The van der Waals surface area contributed by atoms with Gasteiger partial charge in [-0.2, -0.15) is 5.10 Å². The number of aromatic amines is 1. The van der Waals surface area contributed by atoms with Crippen molar-refractivity contribution >= 4 is 17.3 Å². The van der Waals surface area contributed by atoms with E-state index < -0.39 is 5.97 Å². The third kappa shape index (κ3) is 1.67. The monoisotopic (exact) mass is 208 g/mol. The molecule has 0 bridgehead atoms. The van der Waals surface area contributed by atoms with Crippen molar-refractivity contribution in [3.05, 3.63) is 39.8 Å². The Morgan fingerprint density at radius 3 is 3.14 bits per heavy atom. The molecule has 0 saturated heterocycles. The van der Waals surface area contributed by atoms with Crippen LogP contribution in [0.5, 0.6) is 0 Å². The van der Waals surface area contributed by atoms with E-state index in [-0.39, 0.29) is 5.56 Å². The van der Waals surface area contributed by atoms with Crippen LogP contribution in [0.3, 0.4) is 0 Å². The Morgan fingerprint density at radius 2 is 2.50 bits per heavy atom. The SMILES string of the molecule is O=C(O)c1cn[nH]c1Cc1cccs1. The van der Waals surface area contributed by atoms with Crippen molar-refractivity contribution in [2.75, 3.05) is 0 Å². The van der Waals surface area contributed by atoms with Crippen molar-refractivity contribution in [1.82, 2.24) is 10.2 Å². The maximum atomic E-state index is 10.8. The summed E-state index contributed by atoms with van der Waals surface area (Å²) in [6, 6.07) is 3.91. The zero-order chi connectivity index (χ0) is 9.97. The fraction of sp³-hybridized carbons (Fsp3) is 0.111. The first-order chi connectivity index (χ1) is 6.77. The highest BCUT2D eigenvalue weighted by Gasteiger charge is 2.12. The van der Waals surface area contributed by atoms with E-state index in [9.17, 15) is 4.79 Å². The highest BCUT2D eigenvalue weighted by Crippen LogP contribution is 2.15. The molecule has 0 aliphatic heterocycles. The van der Waals surface area contributed by atoms with E-state index in [0.29, 0.717) is 12.1 Å². The molecule has 0 radical (unpaired) electrons. The van der Waals surface area contributed by atoms with Crippen LogP contribution in [0.2, 0.25) is 0 Å². The van der Waals surface area contributed by atoms with Crippen molar-refractivity contribution in [3.8, 4) is 0 Å². The van der Waals surface area contributed by atoms with E-state index in [1.165, 1.54) is 6.20 Å². The predicted molar refractivity (Wildman–Crippen MR) is 52.7 cm³/mol. The maximum Gasteiger partial charge on any atom is 0.339 e. The highest BCUT2D eigenvalue weighted by atomic mass is 32.1. The Bertz CT molecular complexity index is 433. The van der Waals surface area contributed by atoms with Gasteiger partial charge in [0.05, 0.1) is 11.9 Å². The summed E-state index contributed by atoms with van der Waals surface area (Å²) in [7, 11) is 0. The first kappa shape index (κ1) is 8.96. The topological polar surface area (TPSA) is 66.0 Å². The normalized spacial score (nSPS) is 10.3. The molecule has 5 heteroatoms. The van der Waals surface area contributed by atoms with Crippen LogP contribution >= 0.6 is 11.3 Å². The number of nitrogens with zero attached hydrogens (tertiary/aromatic N) is 1. The van der Waals surface area contributed by atoms with Crippen LogP contribution in [0.4, 0.5) is 0 Å². The number of aromatic carboxylic acids is 1. The number of carboxylic acids is 1. The molecule has 0 aromatic carbocycles. The van der Waals surface area contributed by atoms with Crippen LogP contribution in [0.15, 0.2) is 23.7 Å². The van der Waals surface area contributed by atoms with Crippen molar-refractivity contribution in [2.45, 2.75) is 6.42 Å². The van der Waals surface area contributed by atoms with E-state index in [4.69, 9.17) is 5.11 Å². The molecule has 0 aliphatic carbocycles. The summed E-state index contributed by atoms with van der Waals surface area (Å²) in [5.41, 5.74) is 0.901. The Kier molecular flexibility index (Phi) is 2.32. The summed E-state index contributed by atoms with van der Waals surface area (Å²) in [4.78, 5) is 11.9. The summed E-state index contributed by atoms with van der Waals surface area (Å²) >= 11 is 1.60. The number of hydrogen-bond donors (Lipinski definition) is 2. The number of hydrogen-bond acceptors (Lipinski definition) is 3. The Balaban J connectivity index is 2.25. The molecular weight excluding hydrogens is 200 g/mol. The van der Waals surface area contributed by atoms with Gasteiger partial charge in [-0.15, -0.1) is 11.3 Å². The summed E-state index contributed by atoms with van der Waals surface area (Å²) < 4.78 is 0. The lowest BCUT2D eigenvalue weighted by Gasteiger charge is -1.95. The molecule has 2 rings (SSSR count). The fourth-order valence-electron chi connectivity index (χ4n) is 1.22. The Morgan fingerprint density at radius 1 is 1.64 bits per heavy atom. The largest absolute Gasteiger partial charge is 0.478 e. The van der Waals surface area contributed by atoms with Crippen LogP contribution in [-0.4, -0.2) is 21.3 Å². The van der Waals surface area contributed by atoms with Gasteiger partial charge < -0.3 is 5.11 Å². The number of thiophene rings is 1. The zero-order valence-electron chi connectivity index (χ0n) is 7.23. The van der Waals surface area contributed by atoms with Gasteiger partial charge in [0.25, 0.3) is 0 Å². The van der Waals surface area contributed by atoms with Gasteiger partial charge >= 0.3 is 5.97 Å². The predicted octanol–water partition coefficient (Wildman–Crippen LogP) is 1.76. The second-order valence-corrected chi connectivity index (χ2v) is 3.86. The van der Waals surface area contributed by atoms with Gasteiger partial charge in [-0.1, -0.05) is 6.07 Å². The summed E-state index contributed by atoms with van der Waals surface area (Å²) in [5.74, 6) is -0.940. The lowest BCUT2D eigenvalue weighted by molar-refractivity contribution is 0.0696. The minimum Gasteiger partial charge on any atom is -0.478 e. The van der Waals surface area contributed by atoms with Crippen LogP contribution in [-0.2, 0) is 6.42 Å². The van der Waals surface area contributed by atoms with E-state index in [1.807, 2.05) is 17.5 Å². The molecule has 0 saturated carbocycles. The summed E-state index contributed by atoms with van der Waals surface area (Å²) in [6.07, 6.45) is 1.94. The highest BCUT2D eigenvalue weighted by molar-refractivity contribution is 7.09. The number of carboxylic acid groups (broad SMARTS) is 1. The van der Waals surface area contributed by atoms with E-state index >= 15 is 0 Å². The van der Waals surface area contributed by atoms with Crippen molar-refractivity contribution in [1.29, 1.82) is 0 Å². The Labute approximate surface area is 84.2 Å². The third-order valence-electron chi connectivity index (χ3n) is 1.88. The molecular formula is C9H8N2O2S. The minimum absolute atomic E-state index is 0.249. The molecule has 0 amide bonds. The number of aromatic nitrogens is 2. The zero-order valence-corrected chi connectivity index (χ0v) is 8.04. The van der Waals surface area contributed by atoms with Crippen LogP contribution < -0.4 is 0 Å². The fourth-order valence-corrected chi connectivity index (χ4v) is 1.94. The summed E-state index contributed by atoms with van der Waals surface area (Å²) in [6.45, 7) is 0. The molecule has 0 fully saturated rings. The molecule has 2 N–H and O–H groups in total. The van der Waals surface area contributed by atoms with Gasteiger partial charge in [0.1, 0.15) is 5.56 Å². The summed E-state index contributed by atoms with van der Waals surface area (Å²) in [5, 5.41) is 17.2. The maximum absolute atomic E-state index is 10.8. The van der Waals surface area contributed by atoms with Crippen molar-refractivity contribution in [2.24, 2.45) is 0 Å². The van der Waals surface area contributed by atoms with Crippen molar-refractivity contribution in [3.63, 3.8) is 0 Å². The van der Waals surface area contributed by atoms with E-state index in [1.54, 1.807) is 11.3 Å². The Hall–Kier alpha value is -1.62. The van der Waals surface area contributed by atoms with Gasteiger partial charge in [0.2, 0.25) is 0 Å². The van der Waals surface area contributed by atoms with Crippen molar-refractivity contribution < 1.29 is 9.90 Å². The minimum atomic E-state index is -0.940. The van der Waals surface area contributed by atoms with Gasteiger partial charge in [0, 0.05) is 11.3 Å².